The van der Waals surface area contributed by atoms with Crippen LogP contribution in [0.1, 0.15) is 6.42 Å². The Kier molecular flexibility index (Phi) is 4.33. The topological polar surface area (TPSA) is 42.3 Å². The molecule has 1 N–H and O–H groups in total. The molecule has 0 radical (unpaired) electrons. The third kappa shape index (κ3) is 2.95. The summed E-state index contributed by atoms with van der Waals surface area (Å²) in [6, 6.07) is 2.88. The maximum absolute atomic E-state index is 8.81. The van der Waals surface area contributed by atoms with Gasteiger partial charge >= 0.3 is 0 Å². The van der Waals surface area contributed by atoms with Crippen LogP contribution < -0.4 is 5.32 Å². The third-order valence-electron chi connectivity index (χ3n) is 2.92. The molecule has 0 amide bonds. The molecule has 2 atom stereocenters. The van der Waals surface area contributed by atoms with E-state index in [0.29, 0.717) is 6.04 Å². The number of likely N-dealkylation sites (N-methyl/N-ethyl adjacent to an activating group) is 2. The van der Waals surface area contributed by atoms with Gasteiger partial charge in [-0.25, -0.2) is 0 Å². The molecule has 2 unspecified atom stereocenters. The highest BCUT2D eigenvalue weighted by atomic mass is 15.2. The lowest BCUT2D eigenvalue weighted by Gasteiger charge is -2.21. The van der Waals surface area contributed by atoms with E-state index in [2.05, 4.69) is 35.3 Å². The highest BCUT2D eigenvalue weighted by Crippen LogP contribution is 2.12. The second-order valence-corrected chi connectivity index (χ2v) is 4.14. The van der Waals surface area contributed by atoms with Gasteiger partial charge in [0.25, 0.3) is 0 Å². The average molecular weight is 196 g/mol. The van der Waals surface area contributed by atoms with Gasteiger partial charge in [0, 0.05) is 19.1 Å². The smallest absolute Gasteiger partial charge is 0.108 e. The van der Waals surface area contributed by atoms with Crippen molar-refractivity contribution in [1.29, 1.82) is 5.26 Å². The zero-order chi connectivity index (χ0) is 10.6. The summed E-state index contributed by atoms with van der Waals surface area (Å²) in [6.45, 7) is 3.05. The standard InChI is InChI=1S/C10H20N4/c1-12-9(6-11)7-14-5-4-10(8-14)13(2)3/h9-10,12H,4-5,7-8H2,1-3H3. The van der Waals surface area contributed by atoms with Crippen molar-refractivity contribution in [2.75, 3.05) is 40.8 Å². The number of nitriles is 1. The molecule has 1 heterocycles. The molecule has 14 heavy (non-hydrogen) atoms. The Morgan fingerprint density at radius 1 is 1.64 bits per heavy atom. The molecule has 0 aliphatic carbocycles. The van der Waals surface area contributed by atoms with Crippen LogP contribution in [0.5, 0.6) is 0 Å². The summed E-state index contributed by atoms with van der Waals surface area (Å²) >= 11 is 0. The third-order valence-corrected chi connectivity index (χ3v) is 2.92. The lowest BCUT2D eigenvalue weighted by Crippen LogP contribution is -2.39. The minimum absolute atomic E-state index is 0.0316. The van der Waals surface area contributed by atoms with Gasteiger partial charge in [-0.2, -0.15) is 5.26 Å². The van der Waals surface area contributed by atoms with Crippen LogP contribution in [0.3, 0.4) is 0 Å². The van der Waals surface area contributed by atoms with Crippen molar-refractivity contribution >= 4 is 0 Å². The molecule has 1 saturated heterocycles. The first-order chi connectivity index (χ1) is 6.67. The maximum Gasteiger partial charge on any atom is 0.108 e. The van der Waals surface area contributed by atoms with Gasteiger partial charge in [0.15, 0.2) is 0 Å². The number of nitrogens with zero attached hydrogens (tertiary/aromatic N) is 3. The summed E-state index contributed by atoms with van der Waals surface area (Å²) in [5.41, 5.74) is 0. The van der Waals surface area contributed by atoms with Gasteiger partial charge < -0.3 is 10.2 Å². The van der Waals surface area contributed by atoms with Gasteiger partial charge in [-0.05, 0) is 34.1 Å². The van der Waals surface area contributed by atoms with Crippen molar-refractivity contribution in [2.45, 2.75) is 18.5 Å². The Morgan fingerprint density at radius 3 is 2.79 bits per heavy atom. The molecule has 0 saturated carbocycles. The minimum atomic E-state index is -0.0316. The van der Waals surface area contributed by atoms with Gasteiger partial charge in [0.05, 0.1) is 6.07 Å². The molecule has 0 aromatic rings. The van der Waals surface area contributed by atoms with E-state index < -0.39 is 0 Å². The van der Waals surface area contributed by atoms with Gasteiger partial charge in [-0.3, -0.25) is 4.90 Å². The van der Waals surface area contributed by atoms with Gasteiger partial charge in [0.1, 0.15) is 6.04 Å². The monoisotopic (exact) mass is 196 g/mol. The lowest BCUT2D eigenvalue weighted by molar-refractivity contribution is 0.262. The number of likely N-dealkylation sites (tertiary alicyclic amines) is 1. The summed E-state index contributed by atoms with van der Waals surface area (Å²) in [6.07, 6.45) is 1.22. The van der Waals surface area contributed by atoms with E-state index in [4.69, 9.17) is 5.26 Å². The van der Waals surface area contributed by atoms with E-state index in [1.54, 1.807) is 0 Å². The molecular formula is C10H20N4. The summed E-state index contributed by atoms with van der Waals surface area (Å²) in [4.78, 5) is 4.62. The SMILES string of the molecule is CNC(C#N)CN1CCC(N(C)C)C1. The minimum Gasteiger partial charge on any atom is -0.305 e. The first-order valence-corrected chi connectivity index (χ1v) is 5.13. The number of hydrogen-bond donors (Lipinski definition) is 1. The zero-order valence-electron chi connectivity index (χ0n) is 9.32. The fourth-order valence-corrected chi connectivity index (χ4v) is 1.85. The molecule has 1 rings (SSSR count). The molecule has 1 fully saturated rings. The largest absolute Gasteiger partial charge is 0.305 e. The molecular weight excluding hydrogens is 176 g/mol. The molecule has 0 spiro atoms. The van der Waals surface area contributed by atoms with Crippen LogP contribution in [0.2, 0.25) is 0 Å². The van der Waals surface area contributed by atoms with Crippen LogP contribution >= 0.6 is 0 Å². The van der Waals surface area contributed by atoms with Crippen molar-refractivity contribution in [3.8, 4) is 6.07 Å². The van der Waals surface area contributed by atoms with Crippen molar-refractivity contribution in [3.63, 3.8) is 0 Å². The Hall–Kier alpha value is -0.630. The number of nitrogens with one attached hydrogen (secondary N) is 1. The molecule has 0 bridgehead atoms. The maximum atomic E-state index is 8.81. The summed E-state index contributed by atoms with van der Waals surface area (Å²) in [5, 5.41) is 11.8. The molecule has 4 nitrogen and oxygen atoms in total. The second-order valence-electron chi connectivity index (χ2n) is 4.14. The second kappa shape index (κ2) is 5.30. The summed E-state index contributed by atoms with van der Waals surface area (Å²) < 4.78 is 0. The molecule has 0 aromatic carbocycles. The highest BCUT2D eigenvalue weighted by molar-refractivity contribution is 4.93. The number of rotatable bonds is 4. The van der Waals surface area contributed by atoms with Crippen LogP contribution in [0, 0.1) is 11.3 Å². The first-order valence-electron chi connectivity index (χ1n) is 5.13. The van der Waals surface area contributed by atoms with Crippen LogP contribution in [0.25, 0.3) is 0 Å². The number of hydrogen-bond acceptors (Lipinski definition) is 4. The molecule has 80 valence electrons. The van der Waals surface area contributed by atoms with Crippen LogP contribution in [0.15, 0.2) is 0 Å². The van der Waals surface area contributed by atoms with Crippen LogP contribution in [0.4, 0.5) is 0 Å². The lowest BCUT2D eigenvalue weighted by atomic mass is 10.2. The van der Waals surface area contributed by atoms with E-state index >= 15 is 0 Å². The normalized spacial score (nSPS) is 25.2. The van der Waals surface area contributed by atoms with Gasteiger partial charge in [-0.15, -0.1) is 0 Å². The van der Waals surface area contributed by atoms with Gasteiger partial charge in [0.2, 0.25) is 0 Å². The molecule has 4 heteroatoms. The van der Waals surface area contributed by atoms with Crippen molar-refractivity contribution in [1.82, 2.24) is 15.1 Å². The zero-order valence-corrected chi connectivity index (χ0v) is 9.32. The van der Waals surface area contributed by atoms with Crippen LogP contribution in [-0.2, 0) is 0 Å². The highest BCUT2D eigenvalue weighted by Gasteiger charge is 2.25. The van der Waals surface area contributed by atoms with Crippen LogP contribution in [-0.4, -0.2) is 62.7 Å². The molecule has 0 aromatic heterocycles. The summed E-state index contributed by atoms with van der Waals surface area (Å²) in [5.74, 6) is 0. The Balaban J connectivity index is 2.32. The van der Waals surface area contributed by atoms with Crippen molar-refractivity contribution in [2.24, 2.45) is 0 Å². The average Bonchev–Trinajstić information content (AvgIpc) is 2.62. The molecule has 1 aliphatic heterocycles. The van der Waals surface area contributed by atoms with Crippen molar-refractivity contribution in [3.05, 3.63) is 0 Å². The first kappa shape index (κ1) is 11.4. The fraction of sp³-hybridized carbons (Fsp3) is 0.900. The fourth-order valence-electron chi connectivity index (χ4n) is 1.85. The Bertz CT molecular complexity index is 209. The Morgan fingerprint density at radius 2 is 2.36 bits per heavy atom. The Labute approximate surface area is 86.5 Å². The van der Waals surface area contributed by atoms with E-state index in [-0.39, 0.29) is 6.04 Å². The van der Waals surface area contributed by atoms with E-state index in [9.17, 15) is 0 Å². The van der Waals surface area contributed by atoms with E-state index in [0.717, 1.165) is 19.6 Å². The van der Waals surface area contributed by atoms with Crippen molar-refractivity contribution < 1.29 is 0 Å². The predicted octanol–water partition coefficient (Wildman–Crippen LogP) is -0.266. The van der Waals surface area contributed by atoms with E-state index in [1.165, 1.54) is 6.42 Å². The van der Waals surface area contributed by atoms with Gasteiger partial charge in [-0.1, -0.05) is 0 Å². The summed E-state index contributed by atoms with van der Waals surface area (Å²) in [7, 11) is 6.08. The predicted molar refractivity (Wildman–Crippen MR) is 57.0 cm³/mol. The molecule has 1 aliphatic rings. The van der Waals surface area contributed by atoms with E-state index in [1.807, 2.05) is 7.05 Å². The quantitative estimate of drug-likeness (QED) is 0.672.